The third-order valence-corrected chi connectivity index (χ3v) is 9.04. The smallest absolute Gasteiger partial charge is 0.338 e. The third kappa shape index (κ3) is 8.74. The molecule has 9 atom stereocenters. The molecule has 51 heavy (non-hydrogen) atoms. The van der Waals surface area contributed by atoms with Crippen molar-refractivity contribution in [1.82, 2.24) is 0 Å². The fourth-order valence-corrected chi connectivity index (χ4v) is 6.42. The number of rotatable bonds is 13. The Balaban J connectivity index is 1.16. The number of benzene rings is 4. The van der Waals surface area contributed by atoms with Crippen molar-refractivity contribution in [2.45, 2.75) is 75.1 Å². The van der Waals surface area contributed by atoms with E-state index in [4.69, 9.17) is 42.6 Å². The second kappa shape index (κ2) is 17.2. The highest BCUT2D eigenvalue weighted by molar-refractivity contribution is 5.76. The van der Waals surface area contributed by atoms with E-state index in [0.717, 1.165) is 22.3 Å². The van der Waals surface area contributed by atoms with Crippen LogP contribution < -0.4 is 0 Å². The van der Waals surface area contributed by atoms with Gasteiger partial charge < -0.3 is 42.6 Å². The number of carbonyl (C=O) groups excluding carboxylic acids is 1. The van der Waals surface area contributed by atoms with Crippen molar-refractivity contribution in [2.75, 3.05) is 13.7 Å². The summed E-state index contributed by atoms with van der Waals surface area (Å²) in [4.78, 5) is 14.3. The summed E-state index contributed by atoms with van der Waals surface area (Å²) >= 11 is 0. The van der Waals surface area contributed by atoms with Crippen LogP contribution in [0.25, 0.3) is 0 Å². The summed E-state index contributed by atoms with van der Waals surface area (Å²) in [5.74, 6) is -0.661. The number of methoxy groups -OCH3 is 1. The second-order valence-corrected chi connectivity index (χ2v) is 12.5. The van der Waals surface area contributed by atoms with Crippen LogP contribution in [0.1, 0.15) is 28.5 Å². The summed E-state index contributed by atoms with van der Waals surface area (Å²) in [5.41, 5.74) is 3.68. The van der Waals surface area contributed by atoms with Gasteiger partial charge in [0, 0.05) is 12.7 Å². The molecule has 0 bridgehead atoms. The lowest BCUT2D eigenvalue weighted by Gasteiger charge is -2.45. The number of ether oxygens (including phenoxy) is 9. The minimum absolute atomic E-state index is 0.188. The number of hydrogen-bond acceptors (Lipinski definition) is 10. The van der Waals surface area contributed by atoms with Crippen LogP contribution in [0.4, 0.5) is 0 Å². The maximum Gasteiger partial charge on any atom is 0.338 e. The lowest BCUT2D eigenvalue weighted by molar-refractivity contribution is -0.318. The van der Waals surface area contributed by atoms with Crippen LogP contribution in [0.15, 0.2) is 134 Å². The minimum Gasteiger partial charge on any atom is -0.493 e. The van der Waals surface area contributed by atoms with Gasteiger partial charge in [0.1, 0.15) is 24.4 Å². The zero-order valence-corrected chi connectivity index (χ0v) is 28.3. The minimum atomic E-state index is -1.24. The highest BCUT2D eigenvalue weighted by atomic mass is 16.7. The normalized spacial score (nSPS) is 28.7. The average Bonchev–Trinajstić information content (AvgIpc) is 3.19. The molecule has 0 amide bonds. The van der Waals surface area contributed by atoms with E-state index in [1.165, 1.54) is 13.4 Å². The predicted octanol–water partition coefficient (Wildman–Crippen LogP) is 6.05. The van der Waals surface area contributed by atoms with Gasteiger partial charge in [0.25, 0.3) is 0 Å². The van der Waals surface area contributed by atoms with Crippen LogP contribution >= 0.6 is 0 Å². The fraction of sp³-hybridized carbons (Fsp3) is 0.341. The molecule has 10 heteroatoms. The van der Waals surface area contributed by atoms with E-state index in [2.05, 4.69) is 0 Å². The molecule has 0 aliphatic carbocycles. The van der Waals surface area contributed by atoms with Crippen LogP contribution in [0, 0.1) is 0 Å². The molecular weight excluding hydrogens is 652 g/mol. The van der Waals surface area contributed by atoms with Gasteiger partial charge in [-0.2, -0.15) is 0 Å². The van der Waals surface area contributed by atoms with Crippen molar-refractivity contribution < 1.29 is 47.4 Å². The van der Waals surface area contributed by atoms with Crippen molar-refractivity contribution in [3.8, 4) is 0 Å². The van der Waals surface area contributed by atoms with Crippen molar-refractivity contribution >= 4 is 5.97 Å². The molecule has 4 aromatic carbocycles. The first-order valence-corrected chi connectivity index (χ1v) is 17.2. The molecule has 2 saturated heterocycles. The molecule has 7 rings (SSSR count). The first kappa shape index (κ1) is 35.0. The Morgan fingerprint density at radius 3 is 1.76 bits per heavy atom. The summed E-state index contributed by atoms with van der Waals surface area (Å²) in [7, 11) is 1.51. The SMILES string of the molecule is CO[C@H]1O[C@H](C(=O)O[C@H]2C=CO[C@@H]3CO[C@@H](c4ccccc4)O[C@@H]23)[C@H](OCc2ccccc2)[C@H](OCc2ccccc2)[C@H]1OCc1ccccc1. The Labute approximate surface area is 297 Å². The highest BCUT2D eigenvalue weighted by Crippen LogP contribution is 2.35. The van der Waals surface area contributed by atoms with Gasteiger partial charge in [-0.1, -0.05) is 121 Å². The van der Waals surface area contributed by atoms with Gasteiger partial charge >= 0.3 is 5.97 Å². The summed E-state index contributed by atoms with van der Waals surface area (Å²) in [6.45, 7) is 0.945. The molecule has 0 N–H and O–H groups in total. The Morgan fingerprint density at radius 2 is 1.20 bits per heavy atom. The topological polar surface area (TPSA) is 100 Å². The molecule has 266 valence electrons. The maximum atomic E-state index is 14.3. The standard InChI is InChI=1S/C41H42O10/c1-43-41-38(47-26-30-18-10-4-11-19-30)36(46-25-29-16-8-3-9-17-29)35(45-24-28-14-6-2-7-15-28)37(51-41)39(42)49-32-22-23-44-33-27-48-40(50-34(32)33)31-20-12-5-13-21-31/h2-23,32-38,40-41H,24-27H2,1H3/t32-,33+,34-,35+,36-,37-,38+,40+,41-/m0/s1. The summed E-state index contributed by atoms with van der Waals surface area (Å²) in [6.07, 6.45) is -4.09. The molecule has 0 saturated carbocycles. The molecule has 2 fully saturated rings. The van der Waals surface area contributed by atoms with Gasteiger partial charge in [0.15, 0.2) is 30.9 Å². The Hall–Kier alpha value is -4.39. The molecule has 4 aromatic rings. The van der Waals surface area contributed by atoms with E-state index < -0.39 is 61.3 Å². The first-order valence-electron chi connectivity index (χ1n) is 17.2. The largest absolute Gasteiger partial charge is 0.493 e. The number of esters is 1. The van der Waals surface area contributed by atoms with Crippen molar-refractivity contribution in [3.63, 3.8) is 0 Å². The highest BCUT2D eigenvalue weighted by Gasteiger charge is 2.53. The van der Waals surface area contributed by atoms with E-state index in [-0.39, 0.29) is 26.4 Å². The molecule has 0 radical (unpaired) electrons. The first-order chi connectivity index (χ1) is 25.2. The molecule has 10 nitrogen and oxygen atoms in total. The zero-order chi connectivity index (χ0) is 34.8. The van der Waals surface area contributed by atoms with Crippen LogP contribution in [0.3, 0.4) is 0 Å². The molecular formula is C41H42O10. The monoisotopic (exact) mass is 694 g/mol. The molecule has 0 aromatic heterocycles. The van der Waals surface area contributed by atoms with Gasteiger partial charge in [0.2, 0.25) is 0 Å². The lowest BCUT2D eigenvalue weighted by Crippen LogP contribution is -2.63. The third-order valence-electron chi connectivity index (χ3n) is 9.04. The van der Waals surface area contributed by atoms with E-state index in [1.807, 2.05) is 121 Å². The molecule has 3 heterocycles. The average molecular weight is 695 g/mol. The molecule has 0 unspecified atom stereocenters. The lowest BCUT2D eigenvalue weighted by atomic mass is 9.97. The number of hydrogen-bond donors (Lipinski definition) is 0. The Morgan fingerprint density at radius 1 is 0.667 bits per heavy atom. The van der Waals surface area contributed by atoms with Crippen molar-refractivity contribution in [3.05, 3.63) is 156 Å². The fourth-order valence-electron chi connectivity index (χ4n) is 6.42. The van der Waals surface area contributed by atoms with Crippen LogP contribution in [0.2, 0.25) is 0 Å². The van der Waals surface area contributed by atoms with Crippen LogP contribution in [-0.2, 0) is 67.2 Å². The molecule has 3 aliphatic rings. The van der Waals surface area contributed by atoms with Crippen LogP contribution in [-0.4, -0.2) is 68.7 Å². The van der Waals surface area contributed by atoms with Crippen LogP contribution in [0.5, 0.6) is 0 Å². The second-order valence-electron chi connectivity index (χ2n) is 12.5. The Kier molecular flexibility index (Phi) is 11.8. The van der Waals surface area contributed by atoms with Crippen molar-refractivity contribution in [1.29, 1.82) is 0 Å². The van der Waals surface area contributed by atoms with E-state index in [1.54, 1.807) is 6.08 Å². The Bertz CT molecular complexity index is 1670. The van der Waals surface area contributed by atoms with E-state index in [9.17, 15) is 4.79 Å². The number of fused-ring (bicyclic) bond motifs is 1. The summed E-state index contributed by atoms with van der Waals surface area (Å²) in [5, 5.41) is 0. The van der Waals surface area contributed by atoms with Gasteiger partial charge in [-0.3, -0.25) is 0 Å². The van der Waals surface area contributed by atoms with Gasteiger partial charge in [-0.15, -0.1) is 0 Å². The van der Waals surface area contributed by atoms with Crippen molar-refractivity contribution in [2.24, 2.45) is 0 Å². The predicted molar refractivity (Wildman–Crippen MR) is 185 cm³/mol. The molecule has 0 spiro atoms. The van der Waals surface area contributed by atoms with Gasteiger partial charge in [-0.25, -0.2) is 4.79 Å². The number of carbonyl (C=O) groups is 1. The van der Waals surface area contributed by atoms with E-state index in [0.29, 0.717) is 0 Å². The van der Waals surface area contributed by atoms with Gasteiger partial charge in [-0.05, 0) is 22.8 Å². The maximum absolute atomic E-state index is 14.3. The van der Waals surface area contributed by atoms with Gasteiger partial charge in [0.05, 0.1) is 32.7 Å². The van der Waals surface area contributed by atoms with E-state index >= 15 is 0 Å². The quantitative estimate of drug-likeness (QED) is 0.154. The summed E-state index contributed by atoms with van der Waals surface area (Å²) in [6, 6.07) is 38.9. The molecule has 3 aliphatic heterocycles. The zero-order valence-electron chi connectivity index (χ0n) is 28.3. The summed E-state index contributed by atoms with van der Waals surface area (Å²) < 4.78 is 56.2.